The van der Waals surface area contributed by atoms with Gasteiger partial charge in [-0.15, -0.1) is 0 Å². The van der Waals surface area contributed by atoms with E-state index >= 15 is 0 Å². The Morgan fingerprint density at radius 2 is 2.06 bits per heavy atom. The molecule has 0 spiro atoms. The number of nitrogens with two attached hydrogens (primary N) is 1. The minimum absolute atomic E-state index is 0.0853. The lowest BCUT2D eigenvalue weighted by atomic mass is 10.0. The van der Waals surface area contributed by atoms with E-state index in [0.29, 0.717) is 10.6 Å². The van der Waals surface area contributed by atoms with Crippen molar-refractivity contribution < 1.29 is 10.0 Å². The van der Waals surface area contributed by atoms with Crippen LogP contribution < -0.4 is 11.1 Å². The van der Waals surface area contributed by atoms with Gasteiger partial charge in [0.25, 0.3) is 5.91 Å². The minimum atomic E-state index is -0.953. The summed E-state index contributed by atoms with van der Waals surface area (Å²) in [5.41, 5.74) is 4.85. The van der Waals surface area contributed by atoms with Crippen molar-refractivity contribution in [2.24, 2.45) is 10.9 Å². The van der Waals surface area contributed by atoms with Crippen LogP contribution in [0.15, 0.2) is 29.4 Å². The van der Waals surface area contributed by atoms with Gasteiger partial charge >= 0.3 is 0 Å². The van der Waals surface area contributed by atoms with Crippen LogP contribution in [0.5, 0.6) is 0 Å². The van der Waals surface area contributed by atoms with Gasteiger partial charge in [-0.25, -0.2) is 0 Å². The lowest BCUT2D eigenvalue weighted by molar-refractivity contribution is 0.0931. The minimum Gasteiger partial charge on any atom is -0.409 e. The van der Waals surface area contributed by atoms with Crippen LogP contribution in [0.2, 0.25) is 5.02 Å². The molecule has 0 saturated carbocycles. The molecule has 0 aromatic heterocycles. The molecule has 6 heteroatoms. The highest BCUT2D eigenvalue weighted by Gasteiger charge is 2.26. The summed E-state index contributed by atoms with van der Waals surface area (Å²) >= 11 is 5.89. The number of rotatable bonds is 3. The van der Waals surface area contributed by atoms with Crippen molar-refractivity contribution in [2.75, 3.05) is 0 Å². The SMILES string of the molecule is CC(C)(NC(=O)c1ccccc1Cl)/C(N)=N/O. The number of amides is 1. The van der Waals surface area contributed by atoms with Crippen LogP contribution in [0.25, 0.3) is 0 Å². The second-order valence-corrected chi connectivity index (χ2v) is 4.45. The maximum atomic E-state index is 11.9. The topological polar surface area (TPSA) is 87.7 Å². The third-order valence-electron chi connectivity index (χ3n) is 2.29. The molecule has 1 rings (SSSR count). The Balaban J connectivity index is 2.91. The van der Waals surface area contributed by atoms with E-state index in [1.807, 2.05) is 0 Å². The van der Waals surface area contributed by atoms with Crippen molar-refractivity contribution in [1.82, 2.24) is 5.32 Å². The number of nitrogens with one attached hydrogen (secondary N) is 1. The summed E-state index contributed by atoms with van der Waals surface area (Å²) in [7, 11) is 0. The lowest BCUT2D eigenvalue weighted by Crippen LogP contribution is -2.53. The highest BCUT2D eigenvalue weighted by atomic mass is 35.5. The van der Waals surface area contributed by atoms with Crippen LogP contribution in [0.1, 0.15) is 24.2 Å². The Hall–Kier alpha value is -1.75. The molecule has 1 aromatic carbocycles. The number of benzene rings is 1. The molecule has 0 saturated heterocycles. The summed E-state index contributed by atoms with van der Waals surface area (Å²) < 4.78 is 0. The number of nitrogens with zero attached hydrogens (tertiary/aromatic N) is 1. The predicted molar refractivity (Wildman–Crippen MR) is 66.4 cm³/mol. The Labute approximate surface area is 104 Å². The zero-order valence-corrected chi connectivity index (χ0v) is 10.3. The molecule has 5 nitrogen and oxygen atoms in total. The van der Waals surface area contributed by atoms with Gasteiger partial charge in [-0.3, -0.25) is 4.79 Å². The predicted octanol–water partition coefficient (Wildman–Crippen LogP) is 1.59. The first kappa shape index (κ1) is 13.3. The van der Waals surface area contributed by atoms with Gasteiger partial charge in [0.2, 0.25) is 0 Å². The molecule has 0 aliphatic carbocycles. The third-order valence-corrected chi connectivity index (χ3v) is 2.62. The molecular weight excluding hydrogens is 242 g/mol. The average Bonchev–Trinajstić information content (AvgIpc) is 2.27. The van der Waals surface area contributed by atoms with E-state index in [2.05, 4.69) is 10.5 Å². The number of carbonyl (C=O) groups excluding carboxylic acids is 1. The van der Waals surface area contributed by atoms with Crippen LogP contribution in [0.3, 0.4) is 0 Å². The maximum absolute atomic E-state index is 11.9. The Bertz CT molecular complexity index is 458. The third kappa shape index (κ3) is 3.10. The highest BCUT2D eigenvalue weighted by Crippen LogP contribution is 2.15. The number of amidine groups is 1. The molecule has 92 valence electrons. The van der Waals surface area contributed by atoms with Crippen LogP contribution >= 0.6 is 11.6 Å². The van der Waals surface area contributed by atoms with Crippen molar-refractivity contribution in [1.29, 1.82) is 0 Å². The molecule has 0 bridgehead atoms. The van der Waals surface area contributed by atoms with Crippen LogP contribution in [0, 0.1) is 0 Å². The molecule has 4 N–H and O–H groups in total. The van der Waals surface area contributed by atoms with Crippen molar-refractivity contribution in [3.8, 4) is 0 Å². The van der Waals surface area contributed by atoms with E-state index in [-0.39, 0.29) is 11.7 Å². The number of oxime groups is 1. The van der Waals surface area contributed by atoms with E-state index in [1.54, 1.807) is 38.1 Å². The Morgan fingerprint density at radius 3 is 2.59 bits per heavy atom. The van der Waals surface area contributed by atoms with Crippen molar-refractivity contribution >= 4 is 23.3 Å². The van der Waals surface area contributed by atoms with Crippen LogP contribution in [-0.4, -0.2) is 22.5 Å². The Morgan fingerprint density at radius 1 is 1.47 bits per heavy atom. The smallest absolute Gasteiger partial charge is 0.253 e. The zero-order valence-electron chi connectivity index (χ0n) is 9.57. The summed E-state index contributed by atoms with van der Waals surface area (Å²) in [6.45, 7) is 3.24. The summed E-state index contributed by atoms with van der Waals surface area (Å²) in [4.78, 5) is 11.9. The largest absolute Gasteiger partial charge is 0.409 e. The zero-order chi connectivity index (χ0) is 13.1. The first-order valence-corrected chi connectivity index (χ1v) is 5.31. The van der Waals surface area contributed by atoms with E-state index in [9.17, 15) is 4.79 Å². The fourth-order valence-corrected chi connectivity index (χ4v) is 1.41. The molecule has 17 heavy (non-hydrogen) atoms. The second kappa shape index (κ2) is 5.05. The van der Waals surface area contributed by atoms with E-state index in [4.69, 9.17) is 22.5 Å². The number of hydrogen-bond donors (Lipinski definition) is 3. The molecule has 0 radical (unpaired) electrons. The van der Waals surface area contributed by atoms with Crippen molar-refractivity contribution in [3.63, 3.8) is 0 Å². The van der Waals surface area contributed by atoms with Crippen molar-refractivity contribution in [3.05, 3.63) is 34.9 Å². The van der Waals surface area contributed by atoms with Gasteiger partial charge < -0.3 is 16.3 Å². The number of halogens is 1. The molecular formula is C11H14ClN3O2. The van der Waals surface area contributed by atoms with E-state index in [0.717, 1.165) is 0 Å². The summed E-state index contributed by atoms with van der Waals surface area (Å²) in [6.07, 6.45) is 0. The van der Waals surface area contributed by atoms with E-state index < -0.39 is 5.54 Å². The number of carbonyl (C=O) groups is 1. The lowest BCUT2D eigenvalue weighted by Gasteiger charge is -2.24. The molecule has 0 fully saturated rings. The summed E-state index contributed by atoms with van der Waals surface area (Å²) in [6, 6.07) is 6.65. The normalized spacial score (nSPS) is 12.3. The fraction of sp³-hybridized carbons (Fsp3) is 0.273. The van der Waals surface area contributed by atoms with Gasteiger partial charge in [-0.05, 0) is 26.0 Å². The molecule has 0 aliphatic heterocycles. The quantitative estimate of drug-likeness (QED) is 0.332. The number of hydrogen-bond acceptors (Lipinski definition) is 3. The average molecular weight is 256 g/mol. The van der Waals surface area contributed by atoms with Gasteiger partial charge in [0, 0.05) is 0 Å². The van der Waals surface area contributed by atoms with Gasteiger partial charge in [-0.2, -0.15) is 0 Å². The van der Waals surface area contributed by atoms with E-state index in [1.165, 1.54) is 0 Å². The van der Waals surface area contributed by atoms with Crippen LogP contribution in [-0.2, 0) is 0 Å². The van der Waals surface area contributed by atoms with Crippen molar-refractivity contribution in [2.45, 2.75) is 19.4 Å². The first-order chi connectivity index (χ1) is 7.88. The standard InChI is InChI=1S/C11H14ClN3O2/c1-11(2,10(13)15-17)14-9(16)7-5-3-4-6-8(7)12/h3-6,17H,1-2H3,(H2,13,15)(H,14,16). The van der Waals surface area contributed by atoms with Gasteiger partial charge in [-0.1, -0.05) is 28.9 Å². The summed E-state index contributed by atoms with van der Waals surface area (Å²) in [5, 5.41) is 14.4. The fourth-order valence-electron chi connectivity index (χ4n) is 1.19. The summed E-state index contributed by atoms with van der Waals surface area (Å²) in [5.74, 6) is -0.467. The molecule has 1 amide bonds. The molecule has 0 heterocycles. The second-order valence-electron chi connectivity index (χ2n) is 4.04. The molecule has 1 aromatic rings. The highest BCUT2D eigenvalue weighted by molar-refractivity contribution is 6.33. The molecule has 0 atom stereocenters. The van der Waals surface area contributed by atoms with Crippen LogP contribution in [0.4, 0.5) is 0 Å². The van der Waals surface area contributed by atoms with Gasteiger partial charge in [0.1, 0.15) is 0 Å². The maximum Gasteiger partial charge on any atom is 0.253 e. The van der Waals surface area contributed by atoms with Gasteiger partial charge in [0.15, 0.2) is 5.84 Å². The molecule has 0 unspecified atom stereocenters. The van der Waals surface area contributed by atoms with Gasteiger partial charge in [0.05, 0.1) is 16.1 Å². The first-order valence-electron chi connectivity index (χ1n) is 4.93. The Kier molecular flexibility index (Phi) is 3.96. The monoisotopic (exact) mass is 255 g/mol. The molecule has 0 aliphatic rings.